The zero-order chi connectivity index (χ0) is 16.9. The first-order valence-corrected chi connectivity index (χ1v) is 8.35. The van der Waals surface area contributed by atoms with Crippen molar-refractivity contribution in [1.29, 1.82) is 0 Å². The zero-order valence-corrected chi connectivity index (χ0v) is 14.0. The van der Waals surface area contributed by atoms with Crippen molar-refractivity contribution in [2.24, 2.45) is 5.73 Å². The number of imidazole rings is 1. The van der Waals surface area contributed by atoms with E-state index in [0.717, 1.165) is 22.2 Å². The lowest BCUT2D eigenvalue weighted by atomic mass is 10.1. The number of carbonyl (C=O) groups excluding carboxylic acids is 1. The summed E-state index contributed by atoms with van der Waals surface area (Å²) in [7, 11) is 1.65. The highest BCUT2D eigenvalue weighted by Crippen LogP contribution is 2.25. The van der Waals surface area contributed by atoms with Crippen LogP contribution in [0.25, 0.3) is 5.69 Å². The van der Waals surface area contributed by atoms with Crippen LogP contribution in [0.4, 0.5) is 0 Å². The van der Waals surface area contributed by atoms with Crippen LogP contribution in [-0.2, 0) is 5.75 Å². The van der Waals surface area contributed by atoms with E-state index in [1.165, 1.54) is 0 Å². The average molecular weight is 339 g/mol. The molecule has 2 N–H and O–H groups in total. The van der Waals surface area contributed by atoms with Crippen molar-refractivity contribution in [3.05, 3.63) is 72.1 Å². The van der Waals surface area contributed by atoms with E-state index < -0.39 is 5.91 Å². The highest BCUT2D eigenvalue weighted by molar-refractivity contribution is 7.98. The van der Waals surface area contributed by atoms with Crippen LogP contribution >= 0.6 is 11.8 Å². The molecule has 5 nitrogen and oxygen atoms in total. The van der Waals surface area contributed by atoms with Crippen LogP contribution in [0.3, 0.4) is 0 Å². The number of hydrogen-bond acceptors (Lipinski definition) is 4. The van der Waals surface area contributed by atoms with Gasteiger partial charge in [0.15, 0.2) is 5.16 Å². The summed E-state index contributed by atoms with van der Waals surface area (Å²) in [6.07, 6.45) is 3.69. The minimum Gasteiger partial charge on any atom is -0.497 e. The molecule has 6 heteroatoms. The lowest BCUT2D eigenvalue weighted by molar-refractivity contribution is 0.1000. The monoisotopic (exact) mass is 339 g/mol. The van der Waals surface area contributed by atoms with Gasteiger partial charge >= 0.3 is 0 Å². The number of primary amides is 1. The minimum absolute atomic E-state index is 0.415. The molecule has 0 aliphatic heterocycles. The Labute approximate surface area is 144 Å². The van der Waals surface area contributed by atoms with E-state index in [1.807, 2.05) is 53.2 Å². The second kappa shape index (κ2) is 7.23. The SMILES string of the molecule is COc1ccc(-n2ccnc2SCc2cccc(C(N)=O)c2)cc1. The fraction of sp³-hybridized carbons (Fsp3) is 0.111. The van der Waals surface area contributed by atoms with E-state index in [-0.39, 0.29) is 0 Å². The summed E-state index contributed by atoms with van der Waals surface area (Å²) < 4.78 is 7.20. The standard InChI is InChI=1S/C18H17N3O2S/c1-23-16-7-5-15(6-8-16)21-10-9-20-18(21)24-12-13-3-2-4-14(11-13)17(19)22/h2-11H,12H2,1H3,(H2,19,22). The Bertz CT molecular complexity index is 843. The van der Waals surface area contributed by atoms with Crippen LogP contribution in [-0.4, -0.2) is 22.6 Å². The van der Waals surface area contributed by atoms with Crippen LogP contribution in [0, 0.1) is 0 Å². The van der Waals surface area contributed by atoms with E-state index in [2.05, 4.69) is 4.98 Å². The molecule has 0 atom stereocenters. The lowest BCUT2D eigenvalue weighted by Gasteiger charge is -2.09. The Balaban J connectivity index is 1.76. The molecular weight excluding hydrogens is 322 g/mol. The number of nitrogens with zero attached hydrogens (tertiary/aromatic N) is 2. The van der Waals surface area contributed by atoms with Gasteiger partial charge < -0.3 is 10.5 Å². The normalized spacial score (nSPS) is 10.5. The molecule has 0 saturated carbocycles. The zero-order valence-electron chi connectivity index (χ0n) is 13.2. The predicted octanol–water partition coefficient (Wildman–Crippen LogP) is 3.27. The molecule has 0 unspecified atom stereocenters. The van der Waals surface area contributed by atoms with E-state index in [4.69, 9.17) is 10.5 Å². The van der Waals surface area contributed by atoms with Crippen molar-refractivity contribution in [2.45, 2.75) is 10.9 Å². The van der Waals surface area contributed by atoms with Gasteiger partial charge in [-0.2, -0.15) is 0 Å². The van der Waals surface area contributed by atoms with Gasteiger partial charge in [-0.3, -0.25) is 9.36 Å². The summed E-state index contributed by atoms with van der Waals surface area (Å²) in [6.45, 7) is 0. The maximum Gasteiger partial charge on any atom is 0.248 e. The summed E-state index contributed by atoms with van der Waals surface area (Å²) in [5.41, 5.74) is 7.89. The maximum absolute atomic E-state index is 11.3. The lowest BCUT2D eigenvalue weighted by Crippen LogP contribution is -2.10. The molecule has 0 aliphatic carbocycles. The highest BCUT2D eigenvalue weighted by Gasteiger charge is 2.08. The second-order valence-electron chi connectivity index (χ2n) is 5.13. The number of thioether (sulfide) groups is 1. The summed E-state index contributed by atoms with van der Waals surface area (Å²) in [4.78, 5) is 15.7. The van der Waals surface area contributed by atoms with Crippen LogP contribution in [0.2, 0.25) is 0 Å². The molecule has 0 radical (unpaired) electrons. The molecule has 0 fully saturated rings. The fourth-order valence-electron chi connectivity index (χ4n) is 2.30. The van der Waals surface area contributed by atoms with E-state index in [0.29, 0.717) is 11.3 Å². The molecule has 122 valence electrons. The number of hydrogen-bond donors (Lipinski definition) is 1. The Morgan fingerprint density at radius 1 is 1.25 bits per heavy atom. The average Bonchev–Trinajstić information content (AvgIpc) is 3.09. The van der Waals surface area contributed by atoms with Gasteiger partial charge in [-0.15, -0.1) is 0 Å². The van der Waals surface area contributed by atoms with Gasteiger partial charge in [0.25, 0.3) is 0 Å². The van der Waals surface area contributed by atoms with Crippen molar-refractivity contribution in [3.63, 3.8) is 0 Å². The molecule has 0 spiro atoms. The maximum atomic E-state index is 11.3. The van der Waals surface area contributed by atoms with E-state index in [9.17, 15) is 4.79 Å². The number of nitrogens with two attached hydrogens (primary N) is 1. The van der Waals surface area contributed by atoms with Gasteiger partial charge in [-0.1, -0.05) is 23.9 Å². The topological polar surface area (TPSA) is 70.1 Å². The summed E-state index contributed by atoms with van der Waals surface area (Å²) in [6, 6.07) is 15.1. The quantitative estimate of drug-likeness (QED) is 0.700. The Morgan fingerprint density at radius 2 is 2.04 bits per heavy atom. The van der Waals surface area contributed by atoms with Crippen molar-refractivity contribution in [2.75, 3.05) is 7.11 Å². The van der Waals surface area contributed by atoms with Crippen molar-refractivity contribution in [3.8, 4) is 11.4 Å². The number of benzene rings is 2. The molecular formula is C18H17N3O2S. The van der Waals surface area contributed by atoms with E-state index >= 15 is 0 Å². The molecule has 2 aromatic carbocycles. The van der Waals surface area contributed by atoms with Crippen molar-refractivity contribution in [1.82, 2.24) is 9.55 Å². The number of ether oxygens (including phenoxy) is 1. The van der Waals surface area contributed by atoms with Gasteiger partial charge in [-0.25, -0.2) is 4.98 Å². The molecule has 3 rings (SSSR count). The predicted molar refractivity (Wildman–Crippen MR) is 94.6 cm³/mol. The van der Waals surface area contributed by atoms with Gasteiger partial charge in [-0.05, 0) is 42.0 Å². The fourth-order valence-corrected chi connectivity index (χ4v) is 3.21. The Kier molecular flexibility index (Phi) is 4.86. The highest BCUT2D eigenvalue weighted by atomic mass is 32.2. The first-order chi connectivity index (χ1) is 11.7. The van der Waals surface area contributed by atoms with Gasteiger partial charge in [0, 0.05) is 29.4 Å². The van der Waals surface area contributed by atoms with Crippen molar-refractivity contribution < 1.29 is 9.53 Å². The van der Waals surface area contributed by atoms with E-state index in [1.54, 1.807) is 31.1 Å². The van der Waals surface area contributed by atoms with Gasteiger partial charge in [0.05, 0.1) is 7.11 Å². The van der Waals surface area contributed by atoms with Crippen LogP contribution in [0.1, 0.15) is 15.9 Å². The number of aromatic nitrogens is 2. The third-order valence-corrected chi connectivity index (χ3v) is 4.57. The number of carbonyl (C=O) groups is 1. The van der Waals surface area contributed by atoms with Gasteiger partial charge in [0.1, 0.15) is 5.75 Å². The molecule has 3 aromatic rings. The number of methoxy groups -OCH3 is 1. The summed E-state index contributed by atoms with van der Waals surface area (Å²) in [5.74, 6) is 1.10. The largest absolute Gasteiger partial charge is 0.497 e. The first-order valence-electron chi connectivity index (χ1n) is 7.36. The van der Waals surface area contributed by atoms with Crippen molar-refractivity contribution >= 4 is 17.7 Å². The molecule has 0 bridgehead atoms. The van der Waals surface area contributed by atoms with Crippen LogP contribution in [0.15, 0.2) is 66.1 Å². The molecule has 0 aliphatic rings. The molecule has 1 amide bonds. The molecule has 24 heavy (non-hydrogen) atoms. The second-order valence-corrected chi connectivity index (χ2v) is 6.07. The molecule has 1 heterocycles. The van der Waals surface area contributed by atoms with Crippen LogP contribution in [0.5, 0.6) is 5.75 Å². The smallest absolute Gasteiger partial charge is 0.248 e. The number of rotatable bonds is 6. The summed E-state index contributed by atoms with van der Waals surface area (Å²) in [5, 5.41) is 0.879. The van der Waals surface area contributed by atoms with Gasteiger partial charge in [0.2, 0.25) is 5.91 Å². The molecule has 0 saturated heterocycles. The number of amides is 1. The Morgan fingerprint density at radius 3 is 2.75 bits per heavy atom. The summed E-state index contributed by atoms with van der Waals surface area (Å²) >= 11 is 1.60. The third-order valence-electron chi connectivity index (χ3n) is 3.54. The molecule has 1 aromatic heterocycles. The third kappa shape index (κ3) is 3.60. The van der Waals surface area contributed by atoms with Crippen LogP contribution < -0.4 is 10.5 Å². The first kappa shape index (κ1) is 16.1. The minimum atomic E-state index is -0.415. The Hall–Kier alpha value is -2.73.